The van der Waals surface area contributed by atoms with E-state index >= 15 is 0 Å². The normalized spacial score (nSPS) is 26.9. The predicted molar refractivity (Wildman–Crippen MR) is 86.4 cm³/mol. The van der Waals surface area contributed by atoms with Gasteiger partial charge in [0.2, 0.25) is 0 Å². The van der Waals surface area contributed by atoms with Gasteiger partial charge in [-0.25, -0.2) is 0 Å². The molecule has 1 fully saturated rings. The summed E-state index contributed by atoms with van der Waals surface area (Å²) in [6, 6.07) is 3.72. The maximum Gasteiger partial charge on any atom is 0.184 e. The van der Waals surface area contributed by atoms with Gasteiger partial charge < -0.3 is 30.1 Å². The molecular formula is C14H15BrClNO6. The summed E-state index contributed by atoms with van der Waals surface area (Å²) in [6.45, 7) is -0.407. The molecule has 7 nitrogen and oxygen atoms in total. The van der Waals surface area contributed by atoms with Crippen LogP contribution in [0.25, 0.3) is 10.9 Å². The Balaban J connectivity index is 0.000000174. The Morgan fingerprint density at radius 3 is 2.48 bits per heavy atom. The van der Waals surface area contributed by atoms with Crippen molar-refractivity contribution in [2.24, 2.45) is 0 Å². The van der Waals surface area contributed by atoms with Crippen molar-refractivity contribution in [3.05, 3.63) is 33.4 Å². The Labute approximate surface area is 144 Å². The monoisotopic (exact) mass is 407 g/mol. The van der Waals surface area contributed by atoms with Crippen molar-refractivity contribution in [3.63, 3.8) is 0 Å². The van der Waals surface area contributed by atoms with E-state index in [9.17, 15) is 4.79 Å². The second-order valence-corrected chi connectivity index (χ2v) is 6.11. The molecule has 0 aliphatic carbocycles. The lowest BCUT2D eigenvalue weighted by Crippen LogP contribution is -2.33. The summed E-state index contributed by atoms with van der Waals surface area (Å²) >= 11 is 9.33. The minimum Gasteiger partial charge on any atom is -0.394 e. The first-order valence-corrected chi connectivity index (χ1v) is 7.78. The fourth-order valence-electron chi connectivity index (χ4n) is 2.15. The Morgan fingerprint density at radius 2 is 2.00 bits per heavy atom. The average Bonchev–Trinajstić information content (AvgIpc) is 3.08. The highest BCUT2D eigenvalue weighted by Gasteiger charge is 2.41. The molecule has 5 N–H and O–H groups in total. The number of aliphatic hydroxyl groups excluding tert-OH is 4. The van der Waals surface area contributed by atoms with Gasteiger partial charge in [-0.05, 0) is 28.1 Å². The molecule has 2 heterocycles. The van der Waals surface area contributed by atoms with E-state index in [1.165, 1.54) is 0 Å². The molecule has 1 aliphatic heterocycles. The lowest BCUT2D eigenvalue weighted by molar-refractivity contribution is -0.132. The number of ether oxygens (including phenoxy) is 1. The van der Waals surface area contributed by atoms with Gasteiger partial charge >= 0.3 is 0 Å². The molecule has 126 valence electrons. The van der Waals surface area contributed by atoms with Crippen LogP contribution in [-0.2, 0) is 4.74 Å². The molecular weight excluding hydrogens is 394 g/mol. The number of aromatic amines is 1. The van der Waals surface area contributed by atoms with Crippen molar-refractivity contribution in [2.45, 2.75) is 24.6 Å². The standard InChI is InChI=1S/C9H5BrClNO.C5H10O5/c10-6-1-2-7-8(9(6)11)5(4-13)3-12-7;6-1-2-3(7)4(8)5(9)10-2/h1-4,12H;2-9H,1H2/t;2-,3-,4+,5?/m.1/s1. The summed E-state index contributed by atoms with van der Waals surface area (Å²) in [7, 11) is 0. The first-order chi connectivity index (χ1) is 10.9. The van der Waals surface area contributed by atoms with Gasteiger partial charge in [-0.15, -0.1) is 0 Å². The van der Waals surface area contributed by atoms with Crippen molar-refractivity contribution < 1.29 is 30.0 Å². The van der Waals surface area contributed by atoms with E-state index in [0.29, 0.717) is 10.6 Å². The number of benzene rings is 1. The van der Waals surface area contributed by atoms with Gasteiger partial charge in [0.1, 0.15) is 18.3 Å². The highest BCUT2D eigenvalue weighted by Crippen LogP contribution is 2.32. The van der Waals surface area contributed by atoms with E-state index in [1.54, 1.807) is 6.20 Å². The minimum absolute atomic E-state index is 0.407. The number of aromatic nitrogens is 1. The lowest BCUT2D eigenvalue weighted by atomic mass is 10.1. The number of nitrogens with one attached hydrogen (secondary N) is 1. The fraction of sp³-hybridized carbons (Fsp3) is 0.357. The predicted octanol–water partition coefficient (Wildman–Crippen LogP) is 0.814. The summed E-state index contributed by atoms with van der Waals surface area (Å²) in [5.41, 5.74) is 1.46. The Hall–Kier alpha value is -1.00. The highest BCUT2D eigenvalue weighted by molar-refractivity contribution is 9.10. The summed E-state index contributed by atoms with van der Waals surface area (Å²) in [5.74, 6) is 0. The SMILES string of the molecule is O=Cc1c[nH]c2ccc(Br)c(Cl)c12.OC[C@H]1OC(O)[C@@H](O)[C@@H]1O. The van der Waals surface area contributed by atoms with E-state index in [0.717, 1.165) is 21.7 Å². The van der Waals surface area contributed by atoms with Crippen molar-refractivity contribution in [1.29, 1.82) is 0 Å². The number of halogens is 2. The number of hydrogen-bond donors (Lipinski definition) is 5. The molecule has 0 amide bonds. The van der Waals surface area contributed by atoms with Crippen LogP contribution in [0, 0.1) is 0 Å². The van der Waals surface area contributed by atoms with Gasteiger partial charge in [0, 0.05) is 27.1 Å². The van der Waals surface area contributed by atoms with Crippen LogP contribution in [0.4, 0.5) is 0 Å². The third-order valence-electron chi connectivity index (χ3n) is 3.41. The van der Waals surface area contributed by atoms with Crippen molar-refractivity contribution in [2.75, 3.05) is 6.61 Å². The second kappa shape index (κ2) is 7.71. The largest absolute Gasteiger partial charge is 0.394 e. The zero-order chi connectivity index (χ0) is 17.1. The molecule has 9 heteroatoms. The van der Waals surface area contributed by atoms with Gasteiger partial charge in [0.15, 0.2) is 12.6 Å². The van der Waals surface area contributed by atoms with Crippen LogP contribution in [-0.4, -0.2) is 62.9 Å². The van der Waals surface area contributed by atoms with Gasteiger partial charge in [-0.2, -0.15) is 0 Å². The van der Waals surface area contributed by atoms with Gasteiger partial charge in [-0.1, -0.05) is 11.6 Å². The summed E-state index contributed by atoms with van der Waals surface area (Å²) in [4.78, 5) is 13.6. The van der Waals surface area contributed by atoms with Crippen LogP contribution < -0.4 is 0 Å². The molecule has 0 radical (unpaired) electrons. The molecule has 0 spiro atoms. The number of hydrogen-bond acceptors (Lipinski definition) is 6. The number of carbonyl (C=O) groups is 1. The average molecular weight is 409 g/mol. The summed E-state index contributed by atoms with van der Waals surface area (Å²) in [5, 5.41) is 36.3. The molecule has 1 aromatic carbocycles. The maximum atomic E-state index is 10.7. The van der Waals surface area contributed by atoms with E-state index in [2.05, 4.69) is 25.7 Å². The van der Waals surface area contributed by atoms with Crippen molar-refractivity contribution in [3.8, 4) is 0 Å². The highest BCUT2D eigenvalue weighted by atomic mass is 79.9. The first kappa shape index (κ1) is 18.3. The van der Waals surface area contributed by atoms with Crippen molar-refractivity contribution >= 4 is 44.7 Å². The van der Waals surface area contributed by atoms with Crippen LogP contribution in [0.1, 0.15) is 10.4 Å². The summed E-state index contributed by atoms with van der Waals surface area (Å²) in [6.07, 6.45) is -2.32. The molecule has 1 saturated heterocycles. The quantitative estimate of drug-likeness (QED) is 0.469. The molecule has 1 aliphatic rings. The van der Waals surface area contributed by atoms with Crippen LogP contribution >= 0.6 is 27.5 Å². The first-order valence-electron chi connectivity index (χ1n) is 6.61. The third kappa shape index (κ3) is 3.74. The van der Waals surface area contributed by atoms with Crippen LogP contribution in [0.3, 0.4) is 0 Å². The van der Waals surface area contributed by atoms with E-state index in [4.69, 9.17) is 32.0 Å². The molecule has 3 rings (SSSR count). The Bertz CT molecular complexity index is 693. The van der Waals surface area contributed by atoms with Crippen LogP contribution in [0.15, 0.2) is 22.8 Å². The van der Waals surface area contributed by atoms with Crippen LogP contribution in [0.2, 0.25) is 5.02 Å². The fourth-order valence-corrected chi connectivity index (χ4v) is 2.76. The molecule has 0 bridgehead atoms. The summed E-state index contributed by atoms with van der Waals surface area (Å²) < 4.78 is 5.34. The molecule has 23 heavy (non-hydrogen) atoms. The van der Waals surface area contributed by atoms with Gasteiger partial charge in [0.05, 0.1) is 11.6 Å². The smallest absolute Gasteiger partial charge is 0.184 e. The lowest BCUT2D eigenvalue weighted by Gasteiger charge is -2.09. The van der Waals surface area contributed by atoms with Gasteiger partial charge in [-0.3, -0.25) is 4.79 Å². The third-order valence-corrected chi connectivity index (χ3v) is 4.69. The Kier molecular flexibility index (Phi) is 6.15. The molecule has 1 unspecified atom stereocenters. The van der Waals surface area contributed by atoms with E-state index in [1.807, 2.05) is 12.1 Å². The van der Waals surface area contributed by atoms with Gasteiger partial charge in [0.25, 0.3) is 0 Å². The topological polar surface area (TPSA) is 123 Å². The van der Waals surface area contributed by atoms with E-state index < -0.39 is 31.2 Å². The molecule has 2 aromatic rings. The van der Waals surface area contributed by atoms with E-state index in [-0.39, 0.29) is 0 Å². The number of carbonyl (C=O) groups excluding carboxylic acids is 1. The molecule has 4 atom stereocenters. The Morgan fingerprint density at radius 1 is 1.30 bits per heavy atom. The second-order valence-electron chi connectivity index (χ2n) is 4.87. The van der Waals surface area contributed by atoms with Crippen molar-refractivity contribution in [1.82, 2.24) is 4.98 Å². The zero-order valence-corrected chi connectivity index (χ0v) is 14.0. The molecule has 1 aromatic heterocycles. The number of H-pyrrole nitrogens is 1. The molecule has 0 saturated carbocycles. The number of fused-ring (bicyclic) bond motifs is 1. The number of aliphatic hydroxyl groups is 4. The number of rotatable bonds is 2. The number of aldehydes is 1. The minimum atomic E-state index is -1.38. The van der Waals surface area contributed by atoms with Crippen LogP contribution in [0.5, 0.6) is 0 Å². The maximum absolute atomic E-state index is 10.7. The zero-order valence-electron chi connectivity index (χ0n) is 11.7.